The summed E-state index contributed by atoms with van der Waals surface area (Å²) in [5, 5.41) is 25.3. The number of rotatable bonds is 10. The van der Waals surface area contributed by atoms with E-state index in [1.54, 1.807) is 13.0 Å². The molecule has 0 aliphatic rings. The third kappa shape index (κ3) is 5.85. The van der Waals surface area contributed by atoms with Gasteiger partial charge in [0.05, 0.1) is 36.5 Å². The lowest BCUT2D eigenvalue weighted by molar-refractivity contribution is -0.385. The first-order chi connectivity index (χ1) is 16.5. The zero-order chi connectivity index (χ0) is 24.5. The van der Waals surface area contributed by atoms with Crippen LogP contribution in [0, 0.1) is 28.4 Å². The second-order valence-corrected chi connectivity index (χ2v) is 7.15. The van der Waals surface area contributed by atoms with E-state index in [0.29, 0.717) is 17.0 Å². The summed E-state index contributed by atoms with van der Waals surface area (Å²) in [6, 6.07) is 16.0. The highest BCUT2D eigenvalue weighted by molar-refractivity contribution is 5.87. The van der Waals surface area contributed by atoms with Crippen LogP contribution in [0.25, 0.3) is 0 Å². The summed E-state index contributed by atoms with van der Waals surface area (Å²) in [5.74, 6) is 0.777. The molecule has 174 valence electrons. The van der Waals surface area contributed by atoms with Crippen LogP contribution in [0.1, 0.15) is 27.9 Å². The van der Waals surface area contributed by atoms with Crippen molar-refractivity contribution in [2.24, 2.45) is 5.10 Å². The lowest BCUT2D eigenvalue weighted by Crippen LogP contribution is -2.04. The summed E-state index contributed by atoms with van der Waals surface area (Å²) in [6.07, 6.45) is 1.27. The topological polar surface area (TPSA) is 132 Å². The highest BCUT2D eigenvalue weighted by Crippen LogP contribution is 2.34. The summed E-state index contributed by atoms with van der Waals surface area (Å²) in [4.78, 5) is 15.5. The maximum atomic E-state index is 11.7. The van der Waals surface area contributed by atoms with E-state index in [9.17, 15) is 15.4 Å². The van der Waals surface area contributed by atoms with Gasteiger partial charge in [0.25, 0.3) is 5.69 Å². The average Bonchev–Trinajstić information content (AvgIpc) is 2.83. The highest BCUT2D eigenvalue weighted by atomic mass is 16.6. The van der Waals surface area contributed by atoms with Crippen molar-refractivity contribution < 1.29 is 19.1 Å². The molecule has 0 bridgehead atoms. The number of nitro benzene ring substituents is 1. The molecule has 0 aliphatic heterocycles. The van der Waals surface area contributed by atoms with Crippen LogP contribution in [-0.2, 0) is 18.0 Å². The number of methoxy groups -OCH3 is 2. The second-order valence-electron chi connectivity index (χ2n) is 7.15. The number of nitriles is 1. The number of aromatic nitrogens is 1. The molecule has 0 radical (unpaired) electrons. The third-order valence-corrected chi connectivity index (χ3v) is 4.76. The van der Waals surface area contributed by atoms with Crippen molar-refractivity contribution in [2.45, 2.75) is 20.1 Å². The molecule has 0 fully saturated rings. The van der Waals surface area contributed by atoms with Crippen molar-refractivity contribution in [3.63, 3.8) is 0 Å². The molecule has 3 aromatic rings. The van der Waals surface area contributed by atoms with Crippen LogP contribution >= 0.6 is 0 Å². The van der Waals surface area contributed by atoms with Crippen molar-refractivity contribution in [1.29, 1.82) is 5.26 Å². The Hall–Kier alpha value is -4.49. The van der Waals surface area contributed by atoms with Crippen molar-refractivity contribution >= 4 is 17.7 Å². The van der Waals surface area contributed by atoms with Crippen molar-refractivity contribution in [3.8, 4) is 17.6 Å². The minimum atomic E-state index is -0.529. The molecule has 0 atom stereocenters. The first kappa shape index (κ1) is 24.2. The quantitative estimate of drug-likeness (QED) is 0.268. The molecule has 0 aliphatic carbocycles. The van der Waals surface area contributed by atoms with Gasteiger partial charge in [-0.1, -0.05) is 30.3 Å². The Balaban J connectivity index is 1.88. The molecule has 10 heteroatoms. The molecule has 34 heavy (non-hydrogen) atoms. The van der Waals surface area contributed by atoms with Gasteiger partial charge in [-0.05, 0) is 24.6 Å². The van der Waals surface area contributed by atoms with Gasteiger partial charge in [-0.15, -0.1) is 0 Å². The van der Waals surface area contributed by atoms with Crippen LogP contribution in [0.5, 0.6) is 11.5 Å². The van der Waals surface area contributed by atoms with Crippen molar-refractivity contribution in [2.75, 3.05) is 19.6 Å². The van der Waals surface area contributed by atoms with Crippen LogP contribution in [-0.4, -0.2) is 30.3 Å². The van der Waals surface area contributed by atoms with Gasteiger partial charge in [-0.2, -0.15) is 10.4 Å². The molecule has 2 aromatic carbocycles. The Kier molecular flexibility index (Phi) is 8.10. The lowest BCUT2D eigenvalue weighted by atomic mass is 10.1. The Morgan fingerprint density at radius 3 is 2.59 bits per heavy atom. The Bertz CT molecular complexity index is 1240. The minimum absolute atomic E-state index is 0.185. The number of ether oxygens (including phenoxy) is 3. The third-order valence-electron chi connectivity index (χ3n) is 4.76. The van der Waals surface area contributed by atoms with Crippen LogP contribution in [0.3, 0.4) is 0 Å². The van der Waals surface area contributed by atoms with Gasteiger partial charge in [0.1, 0.15) is 18.2 Å². The largest absolute Gasteiger partial charge is 0.493 e. The number of anilines is 1. The van der Waals surface area contributed by atoms with Crippen molar-refractivity contribution in [3.05, 3.63) is 86.6 Å². The predicted octanol–water partition coefficient (Wildman–Crippen LogP) is 4.35. The lowest BCUT2D eigenvalue weighted by Gasteiger charge is -2.12. The van der Waals surface area contributed by atoms with Gasteiger partial charge in [-0.25, -0.2) is 4.98 Å². The molecule has 0 amide bonds. The molecule has 0 spiro atoms. The molecule has 0 saturated heterocycles. The van der Waals surface area contributed by atoms with Crippen LogP contribution < -0.4 is 14.9 Å². The van der Waals surface area contributed by atoms with Crippen LogP contribution in [0.15, 0.2) is 53.6 Å². The second kappa shape index (κ2) is 11.4. The van der Waals surface area contributed by atoms with E-state index in [0.717, 1.165) is 5.56 Å². The summed E-state index contributed by atoms with van der Waals surface area (Å²) in [6.45, 7) is 2.24. The summed E-state index contributed by atoms with van der Waals surface area (Å²) < 4.78 is 16.3. The van der Waals surface area contributed by atoms with Gasteiger partial charge in [0.2, 0.25) is 0 Å². The standard InChI is InChI=1S/C24H23N5O5/c1-16-9-19(15-32-2)20(12-25)24(27-16)28-26-13-18-10-22(33-3)23(11-21(18)29(30)31)34-14-17-7-5-4-6-8-17/h4-11,13H,14-15H2,1-3H3,(H,27,28)/b26-13-. The fraction of sp³-hybridized carbons (Fsp3) is 0.208. The Labute approximate surface area is 196 Å². The van der Waals surface area contributed by atoms with E-state index in [1.807, 2.05) is 30.3 Å². The number of nitrogens with one attached hydrogen (secondary N) is 1. The number of hydrogen-bond donors (Lipinski definition) is 1. The first-order valence-electron chi connectivity index (χ1n) is 10.2. The van der Waals surface area contributed by atoms with Gasteiger partial charge in [0.15, 0.2) is 17.3 Å². The maximum absolute atomic E-state index is 11.7. The van der Waals surface area contributed by atoms with Gasteiger partial charge < -0.3 is 14.2 Å². The van der Waals surface area contributed by atoms with Crippen molar-refractivity contribution in [1.82, 2.24) is 4.98 Å². The number of hydrazone groups is 1. The molecule has 0 unspecified atom stereocenters. The monoisotopic (exact) mass is 461 g/mol. The van der Waals surface area contributed by atoms with Gasteiger partial charge in [-0.3, -0.25) is 15.5 Å². The zero-order valence-electron chi connectivity index (χ0n) is 18.9. The maximum Gasteiger partial charge on any atom is 0.282 e. The Morgan fingerprint density at radius 2 is 1.94 bits per heavy atom. The predicted molar refractivity (Wildman–Crippen MR) is 126 cm³/mol. The smallest absolute Gasteiger partial charge is 0.282 e. The minimum Gasteiger partial charge on any atom is -0.493 e. The summed E-state index contributed by atoms with van der Waals surface area (Å²) in [7, 11) is 2.98. The molecule has 0 saturated carbocycles. The average molecular weight is 461 g/mol. The normalized spacial score (nSPS) is 10.6. The van der Waals surface area contributed by atoms with E-state index >= 15 is 0 Å². The molecular formula is C24H23N5O5. The number of nitro groups is 1. The number of benzene rings is 2. The van der Waals surface area contributed by atoms with Crippen LogP contribution in [0.4, 0.5) is 11.5 Å². The number of aryl methyl sites for hydroxylation is 1. The summed E-state index contributed by atoms with van der Waals surface area (Å²) >= 11 is 0. The fourth-order valence-corrected chi connectivity index (χ4v) is 3.21. The molecule has 3 rings (SSSR count). The van der Waals surface area contributed by atoms with E-state index in [-0.39, 0.29) is 41.6 Å². The Morgan fingerprint density at radius 1 is 1.18 bits per heavy atom. The summed E-state index contributed by atoms with van der Waals surface area (Å²) in [5.41, 5.74) is 5.18. The molecule has 1 N–H and O–H groups in total. The molecule has 1 aromatic heterocycles. The number of pyridine rings is 1. The van der Waals surface area contributed by atoms with E-state index in [2.05, 4.69) is 21.6 Å². The van der Waals surface area contributed by atoms with Gasteiger partial charge in [0, 0.05) is 18.4 Å². The molecule has 10 nitrogen and oxygen atoms in total. The number of hydrogen-bond acceptors (Lipinski definition) is 9. The number of nitrogens with zero attached hydrogens (tertiary/aromatic N) is 4. The highest BCUT2D eigenvalue weighted by Gasteiger charge is 2.19. The molecular weight excluding hydrogens is 438 g/mol. The first-order valence-corrected chi connectivity index (χ1v) is 10.2. The SMILES string of the molecule is COCc1cc(C)nc(N/N=C\c2cc(OC)c(OCc3ccccc3)cc2[N+](=O)[O-])c1C#N. The van der Waals surface area contributed by atoms with E-state index in [4.69, 9.17) is 14.2 Å². The zero-order valence-corrected chi connectivity index (χ0v) is 18.9. The fourth-order valence-electron chi connectivity index (χ4n) is 3.21. The van der Waals surface area contributed by atoms with E-state index < -0.39 is 4.92 Å². The van der Waals surface area contributed by atoms with Crippen LogP contribution in [0.2, 0.25) is 0 Å². The van der Waals surface area contributed by atoms with E-state index in [1.165, 1.54) is 32.6 Å². The molecule has 1 heterocycles. The van der Waals surface area contributed by atoms with Gasteiger partial charge >= 0.3 is 0 Å².